The largest absolute Gasteiger partial charge is 0.215 e. The van der Waals surface area contributed by atoms with Crippen molar-refractivity contribution in [2.75, 3.05) is 0 Å². The van der Waals surface area contributed by atoms with E-state index >= 15 is 0 Å². The fourth-order valence-corrected chi connectivity index (χ4v) is 0.632. The molecular weight excluding hydrogens is 171 g/mol. The van der Waals surface area contributed by atoms with Gasteiger partial charge in [-0.2, -0.15) is 0 Å². The maximum absolute atomic E-state index is 12.4. The zero-order chi connectivity index (χ0) is 8.59. The van der Waals surface area contributed by atoms with Crippen LogP contribution in [0.2, 0.25) is 5.02 Å². The maximum Gasteiger partial charge on any atom is 0.215 e. The molecule has 0 atom stereocenters. The van der Waals surface area contributed by atoms with Crippen LogP contribution in [0, 0.1) is 5.82 Å². The van der Waals surface area contributed by atoms with Gasteiger partial charge in [0.2, 0.25) is 5.82 Å². The second-order valence-corrected chi connectivity index (χ2v) is 2.11. The average molecular weight is 171 g/mol. The Morgan fingerprint density at radius 1 is 1.18 bits per heavy atom. The molecule has 0 bridgehead atoms. The van der Waals surface area contributed by atoms with E-state index < -0.39 is 28.2 Å². The first kappa shape index (κ1) is 7.87. The second-order valence-electron chi connectivity index (χ2n) is 1.74. The Morgan fingerprint density at radius 3 is 2.27 bits per heavy atom. The molecule has 1 rings (SSSR count). The van der Waals surface area contributed by atoms with Crippen LogP contribution in [-0.4, -0.2) is 4.98 Å². The summed E-state index contributed by atoms with van der Waals surface area (Å²) in [6, 6.07) is 0. The fourth-order valence-electron chi connectivity index (χ4n) is 0.507. The van der Waals surface area contributed by atoms with Crippen molar-refractivity contribution < 1.29 is 4.39 Å². The monoisotopic (exact) mass is 170 g/mol. The van der Waals surface area contributed by atoms with Crippen LogP contribution in [0.5, 0.6) is 0 Å². The summed E-state index contributed by atoms with van der Waals surface area (Å²) in [5.74, 6) is -3.26. The molecule has 0 aliphatic heterocycles. The lowest BCUT2D eigenvalue weighted by Gasteiger charge is -1.98. The molecule has 1 aromatic rings. The van der Waals surface area contributed by atoms with E-state index in [1.807, 2.05) is 0 Å². The molecule has 11 heavy (non-hydrogen) atoms. The van der Waals surface area contributed by atoms with Gasteiger partial charge in [-0.25, -0.2) is 9.37 Å². The Kier molecular flexibility index (Phi) is 1.74. The highest BCUT2D eigenvalue weighted by Crippen LogP contribution is 2.31. The van der Waals surface area contributed by atoms with Gasteiger partial charge in [0, 0.05) is 0 Å². The minimum Gasteiger partial charge on any atom is -0.201 e. The molecule has 0 aliphatic rings. The first-order chi connectivity index (χ1) is 5.04. The predicted molar refractivity (Wildman–Crippen MR) is 34.6 cm³/mol. The highest BCUT2D eigenvalue weighted by molar-refractivity contribution is 6.35. The number of hydrogen-bond donors (Lipinski definition) is 0. The van der Waals surface area contributed by atoms with Gasteiger partial charge < -0.3 is 0 Å². The summed E-state index contributed by atoms with van der Waals surface area (Å²) in [5.41, 5.74) is 24.9. The third-order valence-corrected chi connectivity index (χ3v) is 1.37. The highest BCUT2D eigenvalue weighted by atomic mass is 35.5. The normalized spacial score (nSPS) is 10.0. The summed E-state index contributed by atoms with van der Waals surface area (Å²) in [4.78, 5) is 2.88. The maximum atomic E-state index is 12.4. The van der Waals surface area contributed by atoms with E-state index in [0.717, 1.165) is 0 Å². The van der Waals surface area contributed by atoms with Crippen LogP contribution >= 0.6 is 11.6 Å². The topological polar surface area (TPSA) is 79.8 Å². The lowest BCUT2D eigenvalue weighted by molar-refractivity contribution is 0.624. The molecule has 0 amide bonds. The molecule has 1 heterocycles. The van der Waals surface area contributed by atoms with Crippen molar-refractivity contribution in [3.05, 3.63) is 10.8 Å². The second kappa shape index (κ2) is 2.43. The quantitative estimate of drug-likeness (QED) is 0.571. The van der Waals surface area contributed by atoms with Gasteiger partial charge in [-0.05, 0) is 0 Å². The number of rotatable bonds is 0. The lowest BCUT2D eigenvalue weighted by atomic mass is 10.3. The number of hydrogen-bond acceptors (Lipinski definition) is 1. The van der Waals surface area contributed by atoms with E-state index in [-0.39, 0.29) is 0 Å². The standard InChI is InChI=1S/C5ClFN4/c6-1-3(8)2(7)5(10)11-4(1)9. The molecule has 0 saturated heterocycles. The third kappa shape index (κ3) is 1.14. The third-order valence-electron chi connectivity index (χ3n) is 1.02. The van der Waals surface area contributed by atoms with Crippen molar-refractivity contribution in [1.82, 2.24) is 22.2 Å². The summed E-state index contributed by atoms with van der Waals surface area (Å²) in [5, 5.41) is -0.625. The summed E-state index contributed by atoms with van der Waals surface area (Å²) in [7, 11) is 0. The van der Waals surface area contributed by atoms with Crippen LogP contribution < -0.4 is 17.2 Å². The van der Waals surface area contributed by atoms with Gasteiger partial charge in [-0.1, -0.05) is 11.6 Å². The van der Waals surface area contributed by atoms with Gasteiger partial charge in [-0.3, -0.25) is 0 Å². The summed E-state index contributed by atoms with van der Waals surface area (Å²) in [6.45, 7) is 0. The SMILES string of the molecule is [N]c1nc([N])c(Cl)c([N])c1F. The summed E-state index contributed by atoms with van der Waals surface area (Å²) < 4.78 is 12.4. The molecule has 54 valence electrons. The van der Waals surface area contributed by atoms with Crippen LogP contribution in [0.25, 0.3) is 0 Å². The van der Waals surface area contributed by atoms with Crippen LogP contribution in [0.4, 0.5) is 21.7 Å². The molecule has 0 N–H and O–H groups in total. The molecular formula is C5ClFN4. The van der Waals surface area contributed by atoms with E-state index in [1.165, 1.54) is 0 Å². The molecule has 6 heteroatoms. The molecule has 6 radical (unpaired) electrons. The van der Waals surface area contributed by atoms with Crippen molar-refractivity contribution in [2.45, 2.75) is 0 Å². The Bertz CT molecular complexity index is 275. The molecule has 4 nitrogen and oxygen atoms in total. The van der Waals surface area contributed by atoms with Gasteiger partial charge in [-0.15, -0.1) is 17.2 Å². The van der Waals surface area contributed by atoms with Crippen molar-refractivity contribution in [3.8, 4) is 0 Å². The van der Waals surface area contributed by atoms with Crippen LogP contribution in [0.1, 0.15) is 0 Å². The Morgan fingerprint density at radius 2 is 1.73 bits per heavy atom. The van der Waals surface area contributed by atoms with Crippen LogP contribution in [0.3, 0.4) is 0 Å². The van der Waals surface area contributed by atoms with Crippen LogP contribution in [0.15, 0.2) is 0 Å². The van der Waals surface area contributed by atoms with Crippen molar-refractivity contribution in [2.24, 2.45) is 0 Å². The zero-order valence-corrected chi connectivity index (χ0v) is 5.80. The number of nitrogens with zero attached hydrogens (tertiary/aromatic N) is 4. The fraction of sp³-hybridized carbons (Fsp3) is 0. The van der Waals surface area contributed by atoms with E-state index in [9.17, 15) is 4.39 Å². The van der Waals surface area contributed by atoms with E-state index in [1.54, 1.807) is 0 Å². The number of halogens is 2. The van der Waals surface area contributed by atoms with Crippen molar-refractivity contribution in [1.29, 1.82) is 0 Å². The Balaban J connectivity index is 3.46. The van der Waals surface area contributed by atoms with E-state index in [0.29, 0.717) is 0 Å². The number of aromatic nitrogens is 1. The minimum atomic E-state index is -1.35. The van der Waals surface area contributed by atoms with Gasteiger partial charge in [0.25, 0.3) is 0 Å². The van der Waals surface area contributed by atoms with Gasteiger partial charge >= 0.3 is 0 Å². The minimum absolute atomic E-state index is 0.625. The summed E-state index contributed by atoms with van der Waals surface area (Å²) >= 11 is 5.14. The van der Waals surface area contributed by atoms with Crippen molar-refractivity contribution in [3.63, 3.8) is 0 Å². The smallest absolute Gasteiger partial charge is 0.201 e. The first-order valence-corrected chi connectivity index (χ1v) is 2.87. The average Bonchev–Trinajstić information content (AvgIpc) is 1.97. The first-order valence-electron chi connectivity index (χ1n) is 2.50. The molecule has 0 aliphatic carbocycles. The molecule has 0 aromatic carbocycles. The number of pyridine rings is 1. The van der Waals surface area contributed by atoms with E-state index in [4.69, 9.17) is 28.8 Å². The highest BCUT2D eigenvalue weighted by Gasteiger charge is 2.16. The van der Waals surface area contributed by atoms with Crippen LogP contribution in [-0.2, 0) is 0 Å². The van der Waals surface area contributed by atoms with Gasteiger partial charge in [0.05, 0.1) is 0 Å². The van der Waals surface area contributed by atoms with Gasteiger partial charge in [0.15, 0.2) is 11.6 Å². The summed E-state index contributed by atoms with van der Waals surface area (Å²) in [6.07, 6.45) is 0. The molecule has 0 spiro atoms. The Labute approximate surface area is 67.1 Å². The molecule has 0 saturated carbocycles. The van der Waals surface area contributed by atoms with Gasteiger partial charge in [0.1, 0.15) is 10.7 Å². The zero-order valence-electron chi connectivity index (χ0n) is 5.04. The van der Waals surface area contributed by atoms with Crippen molar-refractivity contribution >= 4 is 28.9 Å². The van der Waals surface area contributed by atoms with E-state index in [2.05, 4.69) is 4.98 Å². The Hall–Kier alpha value is -1.23. The lowest BCUT2D eigenvalue weighted by Crippen LogP contribution is -1.91. The predicted octanol–water partition coefficient (Wildman–Crippen LogP) is 0.975. The molecule has 1 aromatic heterocycles. The molecule has 0 fully saturated rings. The molecule has 0 unspecified atom stereocenters.